The highest BCUT2D eigenvalue weighted by Crippen LogP contribution is 2.61. The molecule has 1 fully saturated rings. The first-order valence-electron chi connectivity index (χ1n) is 8.22. The predicted octanol–water partition coefficient (Wildman–Crippen LogP) is -3.23. The van der Waals surface area contributed by atoms with Gasteiger partial charge in [-0.2, -0.15) is 9.29 Å². The molecule has 0 amide bonds. The van der Waals surface area contributed by atoms with E-state index >= 15 is 0 Å². The van der Waals surface area contributed by atoms with E-state index in [1.807, 2.05) is 0 Å². The summed E-state index contributed by atoms with van der Waals surface area (Å²) in [5.74, 6) is -3.68. The molecule has 1 aliphatic rings. The second-order valence-corrected chi connectivity index (χ2v) is 10.4. The van der Waals surface area contributed by atoms with Crippen LogP contribution >= 0.6 is 23.5 Å². The zero-order valence-electron chi connectivity index (χ0n) is 15.7. The molecule has 3 heterocycles. The molecule has 2 aromatic heterocycles. The molecule has 5 atom stereocenters. The highest BCUT2D eigenvalue weighted by atomic mass is 31.3. The molecule has 10 N–H and O–H groups in total. The fraction of sp³-hybridized carbons (Fsp3) is 0.500. The molecule has 0 spiro atoms. The maximum Gasteiger partial charge on any atom is 0.485 e. The van der Waals surface area contributed by atoms with Gasteiger partial charge in [-0.15, -0.1) is 0 Å². The van der Waals surface area contributed by atoms with Crippen molar-refractivity contribution >= 4 is 40.6 Å². The molecular weight excluding hydrogens is 523 g/mol. The molecule has 1 saturated heterocycles. The monoisotopic (exact) mass is 539 g/mol. The van der Waals surface area contributed by atoms with E-state index in [9.17, 15) is 33.6 Å². The Morgan fingerprint density at radius 1 is 1.18 bits per heavy atom. The number of H-pyrrole nitrogens is 1. The SMILES string of the molecule is Nc1nc2c(ncn2[C@]2(OP(=O)(O)OP(=O)(O)O)O[C@H](COP(=O)(O)O)C(O)C2O)c(=O)[nH]1. The maximum atomic E-state index is 12.3. The van der Waals surface area contributed by atoms with Crippen LogP contribution in [0.5, 0.6) is 0 Å². The normalized spacial score (nSPS) is 28.3. The van der Waals surface area contributed by atoms with Crippen LogP contribution in [-0.2, 0) is 37.7 Å². The summed E-state index contributed by atoms with van der Waals surface area (Å²) in [5.41, 5.74) is 3.46. The summed E-state index contributed by atoms with van der Waals surface area (Å²) < 4.78 is 52.5. The highest BCUT2D eigenvalue weighted by Gasteiger charge is 2.62. The number of nitrogen functional groups attached to an aromatic ring is 1. The van der Waals surface area contributed by atoms with Crippen LogP contribution in [0.4, 0.5) is 5.95 Å². The lowest BCUT2D eigenvalue weighted by Crippen LogP contribution is -2.47. The van der Waals surface area contributed by atoms with Crippen molar-refractivity contribution in [2.45, 2.75) is 24.2 Å². The number of nitrogens with zero attached hydrogens (tertiary/aromatic N) is 3. The number of hydrogen-bond donors (Lipinski definition) is 9. The number of fused-ring (bicyclic) bond motifs is 1. The number of aliphatic hydroxyl groups excluding tert-OH is 2. The lowest BCUT2D eigenvalue weighted by atomic mass is 10.1. The Morgan fingerprint density at radius 3 is 2.39 bits per heavy atom. The Balaban J connectivity index is 2.16. The van der Waals surface area contributed by atoms with Crippen LogP contribution in [-0.4, -0.2) is 79.1 Å². The summed E-state index contributed by atoms with van der Waals surface area (Å²) in [7, 11) is -16.7. The standard InChI is InChI=1S/C10H16N5O15P3/c11-9-13-7-4(8(18)14-9)12-2-15(7)10(29-33(25,26)30-32(22,23)24)6(17)5(16)3(28-10)1-27-31(19,20)21/h2-3,5-6,16-17H,1H2,(H,25,26)(H2,19,20,21)(H2,22,23,24)(H3,11,13,14,18)/t3-,5?,6?,10+/m1/s1. The summed E-state index contributed by atoms with van der Waals surface area (Å²) in [4.78, 5) is 66.7. The van der Waals surface area contributed by atoms with Crippen molar-refractivity contribution in [2.75, 3.05) is 12.3 Å². The third kappa shape index (κ3) is 5.56. The average molecular weight is 539 g/mol. The van der Waals surface area contributed by atoms with Crippen LogP contribution in [0.25, 0.3) is 11.2 Å². The van der Waals surface area contributed by atoms with Crippen LogP contribution in [0.1, 0.15) is 0 Å². The van der Waals surface area contributed by atoms with E-state index in [1.165, 1.54) is 0 Å². The first-order chi connectivity index (χ1) is 14.9. The Bertz CT molecular complexity index is 1250. The Labute approximate surface area is 180 Å². The van der Waals surface area contributed by atoms with Gasteiger partial charge in [0.05, 0.1) is 6.61 Å². The third-order valence-electron chi connectivity index (χ3n) is 4.02. The molecule has 23 heteroatoms. The number of anilines is 1. The summed E-state index contributed by atoms with van der Waals surface area (Å²) in [6.45, 7) is -1.12. The second kappa shape index (κ2) is 8.56. The van der Waals surface area contributed by atoms with Gasteiger partial charge in [0.25, 0.3) is 11.5 Å². The number of phosphoric acid groups is 3. The van der Waals surface area contributed by atoms with E-state index in [4.69, 9.17) is 30.0 Å². The summed E-state index contributed by atoms with van der Waals surface area (Å²) in [5, 5.41) is 20.9. The van der Waals surface area contributed by atoms with E-state index < -0.39 is 77.0 Å². The molecule has 0 aromatic carbocycles. The quantitative estimate of drug-likeness (QED) is 0.149. The van der Waals surface area contributed by atoms with Gasteiger partial charge in [0, 0.05) is 0 Å². The molecule has 2 aromatic rings. The fourth-order valence-electron chi connectivity index (χ4n) is 2.87. The minimum Gasteiger partial charge on any atom is -0.387 e. The number of ether oxygens (including phenoxy) is 1. The van der Waals surface area contributed by atoms with Crippen LogP contribution in [0.3, 0.4) is 0 Å². The van der Waals surface area contributed by atoms with E-state index in [2.05, 4.69) is 28.3 Å². The predicted molar refractivity (Wildman–Crippen MR) is 99.5 cm³/mol. The summed E-state index contributed by atoms with van der Waals surface area (Å²) in [6.07, 6.45) is -5.85. The maximum absolute atomic E-state index is 12.3. The minimum absolute atomic E-state index is 0.463. The molecule has 3 rings (SSSR count). The number of aromatic nitrogens is 4. The van der Waals surface area contributed by atoms with Crippen molar-refractivity contribution in [1.82, 2.24) is 19.5 Å². The van der Waals surface area contributed by atoms with Gasteiger partial charge in [-0.1, -0.05) is 0 Å². The van der Waals surface area contributed by atoms with Crippen molar-refractivity contribution in [3.63, 3.8) is 0 Å². The highest BCUT2D eigenvalue weighted by molar-refractivity contribution is 7.60. The molecule has 1 aliphatic heterocycles. The lowest BCUT2D eigenvalue weighted by Gasteiger charge is -2.33. The van der Waals surface area contributed by atoms with Crippen LogP contribution in [0, 0.1) is 0 Å². The first-order valence-corrected chi connectivity index (χ1v) is 12.8. The van der Waals surface area contributed by atoms with Gasteiger partial charge in [-0.05, 0) is 0 Å². The van der Waals surface area contributed by atoms with Crippen molar-refractivity contribution in [1.29, 1.82) is 0 Å². The number of aromatic amines is 1. The average Bonchev–Trinajstić information content (AvgIpc) is 3.13. The third-order valence-corrected chi connectivity index (χ3v) is 6.68. The molecular formula is C10H16N5O15P3. The molecule has 0 aliphatic carbocycles. The van der Waals surface area contributed by atoms with Crippen LogP contribution < -0.4 is 11.3 Å². The van der Waals surface area contributed by atoms with Gasteiger partial charge in [0.15, 0.2) is 17.3 Å². The molecule has 0 bridgehead atoms. The molecule has 0 radical (unpaired) electrons. The molecule has 186 valence electrons. The van der Waals surface area contributed by atoms with Gasteiger partial charge in [-0.3, -0.25) is 18.9 Å². The van der Waals surface area contributed by atoms with Crippen molar-refractivity contribution in [3.8, 4) is 0 Å². The Kier molecular flexibility index (Phi) is 6.75. The van der Waals surface area contributed by atoms with Gasteiger partial charge in [0.2, 0.25) is 5.95 Å². The number of phosphoric ester groups is 2. The van der Waals surface area contributed by atoms with Crippen LogP contribution in [0.15, 0.2) is 11.1 Å². The number of hydrogen-bond acceptors (Lipinski definition) is 13. The zero-order valence-corrected chi connectivity index (χ0v) is 18.4. The molecule has 0 saturated carbocycles. The van der Waals surface area contributed by atoms with Crippen LogP contribution in [0.2, 0.25) is 0 Å². The summed E-state index contributed by atoms with van der Waals surface area (Å²) in [6, 6.07) is 0. The number of nitrogens with one attached hydrogen (secondary N) is 1. The smallest absolute Gasteiger partial charge is 0.387 e. The van der Waals surface area contributed by atoms with E-state index in [0.717, 1.165) is 0 Å². The lowest BCUT2D eigenvalue weighted by molar-refractivity contribution is -0.274. The van der Waals surface area contributed by atoms with Crippen molar-refractivity contribution in [3.05, 3.63) is 16.7 Å². The minimum atomic E-state index is -5.86. The fourth-order valence-corrected chi connectivity index (χ4v) is 4.99. The van der Waals surface area contributed by atoms with Gasteiger partial charge >= 0.3 is 23.5 Å². The molecule has 20 nitrogen and oxygen atoms in total. The van der Waals surface area contributed by atoms with Gasteiger partial charge in [0.1, 0.15) is 18.5 Å². The second-order valence-electron chi connectivity index (χ2n) is 6.38. The topological polar surface area (TPSA) is 319 Å². The number of aliphatic hydroxyl groups is 2. The van der Waals surface area contributed by atoms with Crippen molar-refractivity contribution in [2.24, 2.45) is 0 Å². The Hall–Kier alpha value is -1.60. The zero-order chi connectivity index (χ0) is 25.0. The Morgan fingerprint density at radius 2 is 1.82 bits per heavy atom. The first kappa shape index (κ1) is 26.0. The summed E-state index contributed by atoms with van der Waals surface area (Å²) >= 11 is 0. The van der Waals surface area contributed by atoms with E-state index in [1.54, 1.807) is 0 Å². The largest absolute Gasteiger partial charge is 0.485 e. The molecule has 3 unspecified atom stereocenters. The molecule has 33 heavy (non-hydrogen) atoms. The number of imidazole rings is 1. The van der Waals surface area contributed by atoms with E-state index in [-0.39, 0.29) is 0 Å². The van der Waals surface area contributed by atoms with Crippen molar-refractivity contribution < 1.29 is 66.5 Å². The van der Waals surface area contributed by atoms with Gasteiger partial charge < -0.3 is 45.2 Å². The van der Waals surface area contributed by atoms with E-state index in [0.29, 0.717) is 10.9 Å². The number of rotatable bonds is 8. The van der Waals surface area contributed by atoms with Gasteiger partial charge in [-0.25, -0.2) is 23.2 Å². The number of nitrogens with two attached hydrogens (primary N) is 1.